The lowest BCUT2D eigenvalue weighted by atomic mass is 9.92. The van der Waals surface area contributed by atoms with Gasteiger partial charge in [0.15, 0.2) is 12.2 Å². The molecule has 2 aliphatic heterocycles. The van der Waals surface area contributed by atoms with Crippen LogP contribution in [0.4, 0.5) is 0 Å². The highest BCUT2D eigenvalue weighted by Gasteiger charge is 2.54. The van der Waals surface area contributed by atoms with Crippen LogP contribution < -0.4 is 0 Å². The summed E-state index contributed by atoms with van der Waals surface area (Å²) in [5.41, 5.74) is 0.986. The minimum Gasteiger partial charge on any atom is -0.461 e. The minimum atomic E-state index is -0.794. The Labute approximate surface area is 170 Å². The van der Waals surface area contributed by atoms with E-state index in [1.165, 1.54) is 20.8 Å². The average molecular weight is 405 g/mol. The monoisotopic (exact) mass is 405 g/mol. The van der Waals surface area contributed by atoms with Crippen molar-refractivity contribution < 1.29 is 33.3 Å². The normalized spacial score (nSPS) is 29.0. The topological polar surface area (TPSA) is 91.4 Å². The van der Waals surface area contributed by atoms with Gasteiger partial charge in [-0.1, -0.05) is 30.3 Å². The standard InChI is InChI=1S/C21H27NO7/c1-13(23)27-17-9-10-22-11-18(26-12-16-7-5-4-6-8-16)20(28-14(2)24)21(19(17)22)29-15(3)25/h4-8,17-21H,9-12H2,1-3H3/t17-,18-,19+,20+,21+/m0/s1. The number of hydrogen-bond acceptors (Lipinski definition) is 8. The molecule has 158 valence electrons. The minimum absolute atomic E-state index is 0.335. The van der Waals surface area contributed by atoms with E-state index < -0.39 is 42.3 Å². The molecule has 0 amide bonds. The van der Waals surface area contributed by atoms with Crippen molar-refractivity contribution in [3.8, 4) is 0 Å². The van der Waals surface area contributed by atoms with Crippen LogP contribution in [0.3, 0.4) is 0 Å². The first kappa shape index (κ1) is 21.3. The maximum Gasteiger partial charge on any atom is 0.303 e. The zero-order chi connectivity index (χ0) is 21.0. The van der Waals surface area contributed by atoms with Crippen LogP contribution >= 0.6 is 0 Å². The molecule has 0 aliphatic carbocycles. The maximum absolute atomic E-state index is 11.8. The molecule has 29 heavy (non-hydrogen) atoms. The predicted molar refractivity (Wildman–Crippen MR) is 102 cm³/mol. The van der Waals surface area contributed by atoms with Gasteiger partial charge in [0.05, 0.1) is 12.6 Å². The van der Waals surface area contributed by atoms with Crippen LogP contribution in [0.2, 0.25) is 0 Å². The molecule has 0 N–H and O–H groups in total. The zero-order valence-electron chi connectivity index (χ0n) is 16.9. The van der Waals surface area contributed by atoms with Gasteiger partial charge in [-0.3, -0.25) is 19.3 Å². The van der Waals surface area contributed by atoms with Gasteiger partial charge in [-0.05, 0) is 12.0 Å². The molecule has 8 nitrogen and oxygen atoms in total. The number of rotatable bonds is 6. The molecule has 8 heteroatoms. The lowest BCUT2D eigenvalue weighted by Gasteiger charge is -2.45. The van der Waals surface area contributed by atoms with Crippen molar-refractivity contribution in [2.75, 3.05) is 13.1 Å². The van der Waals surface area contributed by atoms with Gasteiger partial charge >= 0.3 is 17.9 Å². The largest absolute Gasteiger partial charge is 0.461 e. The fourth-order valence-electron chi connectivity index (χ4n) is 4.15. The third-order valence-electron chi connectivity index (χ3n) is 5.17. The van der Waals surface area contributed by atoms with E-state index in [2.05, 4.69) is 4.90 Å². The highest BCUT2D eigenvalue weighted by molar-refractivity contribution is 5.68. The smallest absolute Gasteiger partial charge is 0.303 e. The summed E-state index contributed by atoms with van der Waals surface area (Å²) in [6.45, 7) is 5.44. The molecule has 2 saturated heterocycles. The van der Waals surface area contributed by atoms with E-state index >= 15 is 0 Å². The first-order chi connectivity index (χ1) is 13.8. The van der Waals surface area contributed by atoms with Crippen LogP contribution in [0.15, 0.2) is 30.3 Å². The van der Waals surface area contributed by atoms with Gasteiger partial charge in [0.2, 0.25) is 0 Å². The van der Waals surface area contributed by atoms with Crippen molar-refractivity contribution in [3.05, 3.63) is 35.9 Å². The number of hydrogen-bond donors (Lipinski definition) is 0. The van der Waals surface area contributed by atoms with Gasteiger partial charge in [-0.2, -0.15) is 0 Å². The molecule has 0 aromatic heterocycles. The number of fused-ring (bicyclic) bond motifs is 1. The van der Waals surface area contributed by atoms with Gasteiger partial charge < -0.3 is 18.9 Å². The summed E-state index contributed by atoms with van der Waals surface area (Å²) in [4.78, 5) is 37.2. The summed E-state index contributed by atoms with van der Waals surface area (Å²) in [6.07, 6.45) is -1.91. The highest BCUT2D eigenvalue weighted by atomic mass is 16.6. The molecule has 0 spiro atoms. The Kier molecular flexibility index (Phi) is 6.87. The Morgan fingerprint density at radius 3 is 2.14 bits per heavy atom. The summed E-state index contributed by atoms with van der Waals surface area (Å²) in [7, 11) is 0. The van der Waals surface area contributed by atoms with E-state index in [0.717, 1.165) is 5.56 Å². The summed E-state index contributed by atoms with van der Waals surface area (Å²) >= 11 is 0. The molecule has 3 rings (SSSR count). The highest BCUT2D eigenvalue weighted by Crippen LogP contribution is 2.34. The van der Waals surface area contributed by atoms with Crippen LogP contribution in [-0.2, 0) is 39.9 Å². The molecular formula is C21H27NO7. The van der Waals surface area contributed by atoms with Crippen molar-refractivity contribution in [3.63, 3.8) is 0 Å². The molecule has 0 saturated carbocycles. The van der Waals surface area contributed by atoms with Crippen molar-refractivity contribution in [1.29, 1.82) is 0 Å². The molecule has 2 aliphatic rings. The molecule has 0 unspecified atom stereocenters. The van der Waals surface area contributed by atoms with Crippen LogP contribution in [0, 0.1) is 0 Å². The Morgan fingerprint density at radius 2 is 1.52 bits per heavy atom. The lowest BCUT2D eigenvalue weighted by molar-refractivity contribution is -0.207. The second kappa shape index (κ2) is 9.37. The Hall–Kier alpha value is -2.45. The first-order valence-electron chi connectivity index (χ1n) is 9.76. The summed E-state index contributed by atoms with van der Waals surface area (Å²) < 4.78 is 22.7. The molecule has 5 atom stereocenters. The van der Waals surface area contributed by atoms with Crippen LogP contribution in [-0.4, -0.2) is 66.4 Å². The molecular weight excluding hydrogens is 378 g/mol. The zero-order valence-corrected chi connectivity index (χ0v) is 16.9. The van der Waals surface area contributed by atoms with Crippen molar-refractivity contribution in [1.82, 2.24) is 4.90 Å². The Balaban J connectivity index is 1.84. The second-order valence-electron chi connectivity index (χ2n) is 7.41. The van der Waals surface area contributed by atoms with Gasteiger partial charge in [-0.15, -0.1) is 0 Å². The third-order valence-corrected chi connectivity index (χ3v) is 5.17. The van der Waals surface area contributed by atoms with E-state index in [1.807, 2.05) is 30.3 Å². The second-order valence-corrected chi connectivity index (χ2v) is 7.41. The summed E-state index contributed by atoms with van der Waals surface area (Å²) in [6, 6.07) is 9.27. The van der Waals surface area contributed by atoms with Crippen molar-refractivity contribution >= 4 is 17.9 Å². The number of carbonyl (C=O) groups is 3. The van der Waals surface area contributed by atoms with Gasteiger partial charge in [0, 0.05) is 33.9 Å². The fourth-order valence-corrected chi connectivity index (χ4v) is 4.15. The quantitative estimate of drug-likeness (QED) is 0.519. The SMILES string of the molecule is CC(=O)O[C@H]1[C@H](OC(C)=O)[C@@H](OCc2ccccc2)CN2CC[C@H](OC(C)=O)[C@H]12. The van der Waals surface area contributed by atoms with Crippen molar-refractivity contribution in [2.45, 2.75) is 64.3 Å². The summed E-state index contributed by atoms with van der Waals surface area (Å²) in [5, 5.41) is 0. The number of benzene rings is 1. The van der Waals surface area contributed by atoms with Crippen LogP contribution in [0.25, 0.3) is 0 Å². The van der Waals surface area contributed by atoms with Crippen molar-refractivity contribution in [2.24, 2.45) is 0 Å². The van der Waals surface area contributed by atoms with Gasteiger partial charge in [0.25, 0.3) is 0 Å². The van der Waals surface area contributed by atoms with Crippen LogP contribution in [0.1, 0.15) is 32.8 Å². The van der Waals surface area contributed by atoms with E-state index in [4.69, 9.17) is 18.9 Å². The molecule has 2 heterocycles. The van der Waals surface area contributed by atoms with E-state index in [9.17, 15) is 14.4 Å². The molecule has 0 radical (unpaired) electrons. The summed E-state index contributed by atoms with van der Waals surface area (Å²) in [5.74, 6) is -1.38. The Morgan fingerprint density at radius 1 is 0.897 bits per heavy atom. The lowest BCUT2D eigenvalue weighted by Crippen LogP contribution is -2.64. The molecule has 2 fully saturated rings. The number of ether oxygens (including phenoxy) is 4. The average Bonchev–Trinajstić information content (AvgIpc) is 3.04. The predicted octanol–water partition coefficient (Wildman–Crippen LogP) is 1.45. The number of carbonyl (C=O) groups excluding carboxylic acids is 3. The first-order valence-corrected chi connectivity index (χ1v) is 9.76. The molecule has 1 aromatic carbocycles. The van der Waals surface area contributed by atoms with E-state index in [-0.39, 0.29) is 6.04 Å². The van der Waals surface area contributed by atoms with Crippen LogP contribution in [0.5, 0.6) is 0 Å². The van der Waals surface area contributed by atoms with E-state index in [1.54, 1.807) is 0 Å². The fraction of sp³-hybridized carbons (Fsp3) is 0.571. The number of nitrogens with zero attached hydrogens (tertiary/aromatic N) is 1. The number of piperidine rings is 1. The van der Waals surface area contributed by atoms with Gasteiger partial charge in [-0.25, -0.2) is 0 Å². The van der Waals surface area contributed by atoms with E-state index in [0.29, 0.717) is 26.1 Å². The maximum atomic E-state index is 11.8. The third kappa shape index (κ3) is 5.33. The number of esters is 3. The molecule has 0 bridgehead atoms. The molecule has 1 aromatic rings. The Bertz CT molecular complexity index is 738. The van der Waals surface area contributed by atoms with Gasteiger partial charge in [0.1, 0.15) is 12.2 Å².